The minimum absolute atomic E-state index is 0.0917. The van der Waals surface area contributed by atoms with Gasteiger partial charge in [0.1, 0.15) is 5.75 Å². The second kappa shape index (κ2) is 6.27. The fourth-order valence-corrected chi connectivity index (χ4v) is 2.49. The van der Waals surface area contributed by atoms with Crippen molar-refractivity contribution in [2.45, 2.75) is 25.5 Å². The zero-order valence-corrected chi connectivity index (χ0v) is 12.0. The lowest BCUT2D eigenvalue weighted by molar-refractivity contribution is 0.143. The van der Waals surface area contributed by atoms with E-state index in [4.69, 9.17) is 17.3 Å². The third kappa shape index (κ3) is 3.31. The fourth-order valence-electron chi connectivity index (χ4n) is 2.21. The van der Waals surface area contributed by atoms with E-state index in [0.29, 0.717) is 22.6 Å². The van der Waals surface area contributed by atoms with Gasteiger partial charge in [-0.15, -0.1) is 0 Å². The number of hydrogen-bond donors (Lipinski definition) is 3. The van der Waals surface area contributed by atoms with E-state index in [9.17, 15) is 10.2 Å². The van der Waals surface area contributed by atoms with Crippen LogP contribution in [0.1, 0.15) is 22.7 Å². The van der Waals surface area contributed by atoms with E-state index >= 15 is 0 Å². The van der Waals surface area contributed by atoms with Crippen LogP contribution in [0.25, 0.3) is 0 Å². The van der Waals surface area contributed by atoms with E-state index in [1.807, 2.05) is 30.3 Å². The Morgan fingerprint density at radius 3 is 2.50 bits per heavy atom. The van der Waals surface area contributed by atoms with E-state index in [1.54, 1.807) is 19.1 Å². The molecule has 20 heavy (non-hydrogen) atoms. The average molecular weight is 292 g/mol. The Labute approximate surface area is 123 Å². The van der Waals surface area contributed by atoms with Gasteiger partial charge in [0.15, 0.2) is 0 Å². The molecule has 2 aromatic rings. The fraction of sp³-hybridized carbons (Fsp3) is 0.250. The average Bonchev–Trinajstić information content (AvgIpc) is 2.43. The predicted molar refractivity (Wildman–Crippen MR) is 80.9 cm³/mol. The van der Waals surface area contributed by atoms with Crippen LogP contribution in [-0.2, 0) is 6.42 Å². The molecule has 0 aromatic heterocycles. The van der Waals surface area contributed by atoms with E-state index in [1.165, 1.54) is 0 Å². The summed E-state index contributed by atoms with van der Waals surface area (Å²) in [7, 11) is 0. The molecule has 0 saturated heterocycles. The Morgan fingerprint density at radius 2 is 1.85 bits per heavy atom. The summed E-state index contributed by atoms with van der Waals surface area (Å²) in [5, 5.41) is 20.8. The lowest BCUT2D eigenvalue weighted by atomic mass is 9.95. The molecule has 0 fully saturated rings. The van der Waals surface area contributed by atoms with Crippen molar-refractivity contribution < 1.29 is 10.2 Å². The molecule has 106 valence electrons. The predicted octanol–water partition coefficient (Wildman–Crippen LogP) is 2.96. The van der Waals surface area contributed by atoms with Gasteiger partial charge in [-0.2, -0.15) is 0 Å². The minimum atomic E-state index is -0.791. The van der Waals surface area contributed by atoms with Crippen molar-refractivity contribution in [3.63, 3.8) is 0 Å². The van der Waals surface area contributed by atoms with Gasteiger partial charge in [-0.1, -0.05) is 41.9 Å². The zero-order valence-electron chi connectivity index (χ0n) is 11.3. The highest BCUT2D eigenvalue weighted by Gasteiger charge is 2.21. The van der Waals surface area contributed by atoms with Crippen LogP contribution in [0, 0.1) is 6.92 Å². The first-order chi connectivity index (χ1) is 9.49. The number of phenolic OH excluding ortho intramolecular Hbond substituents is 1. The Balaban J connectivity index is 2.21. The van der Waals surface area contributed by atoms with Crippen LogP contribution in [0.2, 0.25) is 5.02 Å². The van der Waals surface area contributed by atoms with Crippen LogP contribution in [0.4, 0.5) is 0 Å². The highest BCUT2D eigenvalue weighted by atomic mass is 35.5. The van der Waals surface area contributed by atoms with Crippen LogP contribution in [-0.4, -0.2) is 16.3 Å². The molecule has 3 nitrogen and oxygen atoms in total. The van der Waals surface area contributed by atoms with Crippen molar-refractivity contribution in [2.75, 3.05) is 0 Å². The summed E-state index contributed by atoms with van der Waals surface area (Å²) in [5.74, 6) is 0.0917. The maximum atomic E-state index is 10.3. The summed E-state index contributed by atoms with van der Waals surface area (Å²) in [6.45, 7) is 1.75. The molecule has 2 aromatic carbocycles. The van der Waals surface area contributed by atoms with Crippen molar-refractivity contribution >= 4 is 11.6 Å². The summed E-state index contributed by atoms with van der Waals surface area (Å²) < 4.78 is 0. The molecular weight excluding hydrogens is 274 g/mol. The number of phenols is 1. The van der Waals surface area contributed by atoms with Crippen LogP contribution < -0.4 is 5.73 Å². The highest BCUT2D eigenvalue weighted by molar-refractivity contribution is 6.30. The molecule has 0 bridgehead atoms. The van der Waals surface area contributed by atoms with Crippen LogP contribution in [0.5, 0.6) is 5.75 Å². The molecule has 2 atom stereocenters. The van der Waals surface area contributed by atoms with Gasteiger partial charge in [-0.3, -0.25) is 0 Å². The van der Waals surface area contributed by atoms with Crippen molar-refractivity contribution in [2.24, 2.45) is 5.73 Å². The first-order valence-corrected chi connectivity index (χ1v) is 6.83. The lowest BCUT2D eigenvalue weighted by Crippen LogP contribution is -2.28. The molecule has 0 amide bonds. The molecule has 0 unspecified atom stereocenters. The molecule has 2 rings (SSSR count). The lowest BCUT2D eigenvalue weighted by Gasteiger charge is -2.21. The summed E-state index contributed by atoms with van der Waals surface area (Å²) >= 11 is 5.98. The van der Waals surface area contributed by atoms with Gasteiger partial charge in [0.25, 0.3) is 0 Å². The number of aryl methyl sites for hydroxylation is 1. The number of aliphatic hydroxyl groups is 1. The molecular formula is C16H18ClNO2. The summed E-state index contributed by atoms with van der Waals surface area (Å²) in [6.07, 6.45) is -0.367. The molecule has 0 radical (unpaired) electrons. The second-order valence-electron chi connectivity index (χ2n) is 4.94. The number of hydrogen-bond acceptors (Lipinski definition) is 3. The summed E-state index contributed by atoms with van der Waals surface area (Å²) in [6, 6.07) is 12.2. The van der Waals surface area contributed by atoms with Crippen LogP contribution in [0.15, 0.2) is 42.5 Å². The first kappa shape index (κ1) is 14.9. The van der Waals surface area contributed by atoms with Gasteiger partial charge in [0, 0.05) is 17.0 Å². The minimum Gasteiger partial charge on any atom is -0.507 e. The van der Waals surface area contributed by atoms with Crippen LogP contribution >= 0.6 is 11.6 Å². The number of aromatic hydroxyl groups is 1. The third-order valence-corrected chi connectivity index (χ3v) is 3.57. The van der Waals surface area contributed by atoms with Gasteiger partial charge in [-0.05, 0) is 30.2 Å². The first-order valence-electron chi connectivity index (χ1n) is 6.45. The number of rotatable bonds is 4. The quantitative estimate of drug-likeness (QED) is 0.811. The maximum absolute atomic E-state index is 10.3. The van der Waals surface area contributed by atoms with Crippen molar-refractivity contribution in [1.29, 1.82) is 0 Å². The standard InChI is InChI=1S/C16H18ClNO2/c1-10-7-12(17)9-13(16(10)20)15(18)14(19)8-11-5-3-2-4-6-11/h2-7,9,14-15,19-20H,8,18H2,1H3/t14-,15+/m1/s1. The molecule has 0 saturated carbocycles. The number of nitrogens with two attached hydrogens (primary N) is 1. The summed E-state index contributed by atoms with van der Waals surface area (Å²) in [5.41, 5.74) is 8.17. The summed E-state index contributed by atoms with van der Waals surface area (Å²) in [4.78, 5) is 0. The highest BCUT2D eigenvalue weighted by Crippen LogP contribution is 2.32. The van der Waals surface area contributed by atoms with Crippen LogP contribution in [0.3, 0.4) is 0 Å². The largest absolute Gasteiger partial charge is 0.507 e. The smallest absolute Gasteiger partial charge is 0.123 e. The monoisotopic (exact) mass is 291 g/mol. The Hall–Kier alpha value is -1.55. The van der Waals surface area contributed by atoms with E-state index in [0.717, 1.165) is 5.56 Å². The van der Waals surface area contributed by atoms with Gasteiger partial charge in [-0.25, -0.2) is 0 Å². The molecule has 4 heteroatoms. The second-order valence-corrected chi connectivity index (χ2v) is 5.38. The Bertz CT molecular complexity index is 587. The van der Waals surface area contributed by atoms with E-state index in [-0.39, 0.29) is 5.75 Å². The molecule has 0 aliphatic carbocycles. The number of halogens is 1. The molecule has 0 aliphatic rings. The molecule has 4 N–H and O–H groups in total. The Morgan fingerprint density at radius 1 is 1.20 bits per heavy atom. The third-order valence-electron chi connectivity index (χ3n) is 3.36. The SMILES string of the molecule is Cc1cc(Cl)cc([C@H](N)[C@H](O)Cc2ccccc2)c1O. The van der Waals surface area contributed by atoms with E-state index in [2.05, 4.69) is 0 Å². The van der Waals surface area contributed by atoms with Gasteiger partial charge >= 0.3 is 0 Å². The molecule has 0 aliphatic heterocycles. The zero-order chi connectivity index (χ0) is 14.7. The number of benzene rings is 2. The van der Waals surface area contributed by atoms with Gasteiger partial charge < -0.3 is 15.9 Å². The van der Waals surface area contributed by atoms with Crippen molar-refractivity contribution in [3.8, 4) is 5.75 Å². The normalized spacial score (nSPS) is 14.0. The number of aliphatic hydroxyl groups excluding tert-OH is 1. The van der Waals surface area contributed by atoms with Gasteiger partial charge in [0.2, 0.25) is 0 Å². The molecule has 0 spiro atoms. The van der Waals surface area contributed by atoms with Crippen molar-refractivity contribution in [3.05, 3.63) is 64.2 Å². The van der Waals surface area contributed by atoms with E-state index < -0.39 is 12.1 Å². The topological polar surface area (TPSA) is 66.5 Å². The maximum Gasteiger partial charge on any atom is 0.123 e. The van der Waals surface area contributed by atoms with Gasteiger partial charge in [0.05, 0.1) is 12.1 Å². The Kier molecular flexibility index (Phi) is 4.65. The van der Waals surface area contributed by atoms with Crippen molar-refractivity contribution in [1.82, 2.24) is 0 Å². The molecule has 0 heterocycles.